The number of halogens is 2. The van der Waals surface area contributed by atoms with Crippen LogP contribution in [0.1, 0.15) is 73.6 Å². The quantitative estimate of drug-likeness (QED) is 0.114. The fraction of sp³-hybridized carbons (Fsp3) is 0.111. The van der Waals surface area contributed by atoms with Crippen molar-refractivity contribution in [3.05, 3.63) is 526 Å². The Morgan fingerprint density at radius 3 is 0.667 bits per heavy atom. The first-order chi connectivity index (χ1) is 66.0. The van der Waals surface area contributed by atoms with Crippen LogP contribution in [0.4, 0.5) is 0 Å². The van der Waals surface area contributed by atoms with Crippen LogP contribution in [0.15, 0.2) is 504 Å². The van der Waals surface area contributed by atoms with E-state index in [4.69, 9.17) is 18.9 Å². The second kappa shape index (κ2) is 30.0. The first-order valence-electron chi connectivity index (χ1n) is 47.6. The van der Waals surface area contributed by atoms with E-state index in [1.54, 1.807) is 0 Å². The summed E-state index contributed by atoms with van der Waals surface area (Å²) in [5, 5.41) is 17.6. The number of allylic oxidation sites excluding steroid dienone is 32. The summed E-state index contributed by atoms with van der Waals surface area (Å²) in [7, 11) is 18.4. The number of fused-ring (bicyclic) bond motifs is 16. The Bertz CT molecular complexity index is 7630. The van der Waals surface area contributed by atoms with Crippen molar-refractivity contribution in [1.29, 1.82) is 0 Å². The van der Waals surface area contributed by atoms with E-state index in [9.17, 15) is 17.0 Å². The summed E-state index contributed by atoms with van der Waals surface area (Å²) < 4.78 is 26.7. The van der Waals surface area contributed by atoms with Gasteiger partial charge in [0.15, 0.2) is 0 Å². The Kier molecular flexibility index (Phi) is 18.3. The van der Waals surface area contributed by atoms with Crippen LogP contribution in [0.25, 0.3) is 86.2 Å². The molecule has 0 saturated carbocycles. The summed E-state index contributed by atoms with van der Waals surface area (Å²) in [5.74, 6) is 4.96. The molecule has 16 aromatic carbocycles. The fourth-order valence-electron chi connectivity index (χ4n) is 29.7. The molecule has 650 valence electrons. The van der Waals surface area contributed by atoms with Crippen molar-refractivity contribution in [2.75, 3.05) is 0 Å². The molecule has 4 nitrogen and oxygen atoms in total. The van der Waals surface area contributed by atoms with Gasteiger partial charge in [-0.25, -0.2) is 0 Å². The third-order valence-corrected chi connectivity index (χ3v) is 119. The molecule has 0 radical (unpaired) electrons. The topological polar surface area (TPSA) is 36.9 Å². The average molecular weight is 1890 g/mol. The first-order valence-corrected chi connectivity index (χ1v) is 63.5. The van der Waals surface area contributed by atoms with Crippen LogP contribution in [0.5, 0.6) is 46.0 Å². The Morgan fingerprint density at radius 1 is 0.237 bits per heavy atom. The second-order valence-corrected chi connectivity index (χ2v) is 79.1. The van der Waals surface area contributed by atoms with Crippen molar-refractivity contribution in [3.63, 3.8) is 0 Å². The van der Waals surface area contributed by atoms with Crippen LogP contribution in [0.2, 0.25) is 24.1 Å². The molecule has 9 heteroatoms. The van der Waals surface area contributed by atoms with E-state index >= 15 is 0 Å². The van der Waals surface area contributed by atoms with Gasteiger partial charge in [-0.2, -0.15) is 0 Å². The number of ether oxygens (including phenoxy) is 4. The SMILES string of the molecule is CC1=CC2=C(C=CC=CC2c2ccc3ccccc3c2Oc2ccc3ccccc3c2)[C]12[SiH](C)[C]1(C(C)=CC3=C1C=CC=CC3c1ccc3ccccc3c1Oc1ccc3ccccc3c1)[Zr]21([Cl])([Cl])[C]2(C(C)=CC3=C2C=CC=CC3c2ccc3ccccc3c2Oc2ccc3ccccc3c2)[SiH](C)[C]12C(C)=CC1=C2C=CC=CC1c1ccc2ccccc2c1Oc1ccc2ccccc2c1. The van der Waals surface area contributed by atoms with Crippen LogP contribution in [-0.4, -0.2) is 17.6 Å². The zero-order chi connectivity index (χ0) is 90.7. The number of rotatable bonds is 12. The van der Waals surface area contributed by atoms with Gasteiger partial charge in [-0.05, 0) is 0 Å². The molecule has 5 spiro atoms. The van der Waals surface area contributed by atoms with Crippen molar-refractivity contribution in [1.82, 2.24) is 0 Å². The van der Waals surface area contributed by atoms with Gasteiger partial charge in [0.1, 0.15) is 0 Å². The molecule has 2 fully saturated rings. The van der Waals surface area contributed by atoms with Gasteiger partial charge < -0.3 is 0 Å². The fourth-order valence-corrected chi connectivity index (χ4v) is 153. The summed E-state index contributed by atoms with van der Waals surface area (Å²) >= 11 is -8.33. The molecule has 8 aliphatic carbocycles. The average Bonchev–Trinajstić information content (AvgIpc) is 1.47. The zero-order valence-corrected chi connectivity index (χ0v) is 82.2. The van der Waals surface area contributed by atoms with Crippen LogP contribution in [0.3, 0.4) is 0 Å². The Morgan fingerprint density at radius 2 is 0.437 bits per heavy atom. The summed E-state index contributed by atoms with van der Waals surface area (Å²) in [6, 6.07) is 114. The molecule has 135 heavy (non-hydrogen) atoms. The van der Waals surface area contributed by atoms with E-state index in [0.29, 0.717) is 0 Å². The minimum absolute atomic E-state index is 0.354. The maximum atomic E-state index is 12.2. The van der Waals surface area contributed by atoms with E-state index in [-0.39, 0.29) is 23.7 Å². The van der Waals surface area contributed by atoms with Gasteiger partial charge in [-0.15, -0.1) is 0 Å². The molecule has 2 saturated heterocycles. The van der Waals surface area contributed by atoms with Crippen LogP contribution >= 0.6 is 17.0 Å². The summed E-state index contributed by atoms with van der Waals surface area (Å²) in [6.07, 6.45) is 49.2. The van der Waals surface area contributed by atoms with Gasteiger partial charge in [0.2, 0.25) is 0 Å². The van der Waals surface area contributed by atoms with Crippen molar-refractivity contribution in [3.8, 4) is 46.0 Å². The molecule has 2 heterocycles. The van der Waals surface area contributed by atoms with Gasteiger partial charge in [-0.3, -0.25) is 0 Å². The van der Waals surface area contributed by atoms with E-state index in [1.807, 2.05) is 0 Å². The molecule has 0 N–H and O–H groups in total. The van der Waals surface area contributed by atoms with E-state index in [2.05, 4.69) is 478 Å². The van der Waals surface area contributed by atoms with E-state index in [0.717, 1.165) is 154 Å². The molecular formula is C126H96Cl2O4Si2Zr. The van der Waals surface area contributed by atoms with Crippen LogP contribution in [-0.2, 0) is 14.9 Å². The third kappa shape index (κ3) is 10.5. The van der Waals surface area contributed by atoms with Gasteiger partial charge in [-0.1, -0.05) is 24.3 Å². The van der Waals surface area contributed by atoms with Crippen LogP contribution in [0, 0.1) is 0 Å². The van der Waals surface area contributed by atoms with Crippen LogP contribution < -0.4 is 18.9 Å². The van der Waals surface area contributed by atoms with Gasteiger partial charge >= 0.3 is 778 Å². The van der Waals surface area contributed by atoms with Gasteiger partial charge in [0.25, 0.3) is 0 Å². The number of benzene rings is 16. The standard InChI is InChI=1S/2C63H48O2Si.2ClH.Zr/c2*1-40-36-58-52(54-34-30-44-18-8-10-22-50(44)60(54)64-48-32-28-42-16-4-6-20-46(42)38-48)24-12-14-26-56(58)62(40)66(3)63-41(2)37-59-53(25-13-15-27-57(59)63)55-35-31-45-19-9-11-23-51(45)61(55)65-49-33-29-43-17-5-7-21-47(43)39-49;;;/h2*4-39,52-53,66H,1-3H3;2*1H;/q;;;;+2/p-2. The maximum absolute atomic E-state index is 12.2. The monoisotopic (exact) mass is 1890 g/mol. The molecule has 26 rings (SSSR count). The Balaban J connectivity index is 0.787. The van der Waals surface area contributed by atoms with Crippen molar-refractivity contribution in [2.45, 2.75) is 75.4 Å². The molecule has 8 atom stereocenters. The molecule has 0 bridgehead atoms. The predicted octanol–water partition coefficient (Wildman–Crippen LogP) is 35.1. The van der Waals surface area contributed by atoms with Crippen molar-refractivity contribution < 1.29 is 33.9 Å². The van der Waals surface area contributed by atoms with Crippen molar-refractivity contribution in [2.24, 2.45) is 0 Å². The van der Waals surface area contributed by atoms with Gasteiger partial charge in [0.05, 0.1) is 0 Å². The molecule has 0 aromatic heterocycles. The number of hydrogen-bond donors (Lipinski definition) is 0. The molecule has 8 unspecified atom stereocenters. The molecule has 16 aromatic rings. The molecule has 0 amide bonds. The molecule has 2 aliphatic heterocycles. The summed E-state index contributed by atoms with van der Waals surface area (Å²) in [5.41, 5.74) is 19.0. The normalized spacial score (nSPS) is 25.4. The zero-order valence-electron chi connectivity index (χ0n) is 75.9. The first kappa shape index (κ1) is 82.2. The summed E-state index contributed by atoms with van der Waals surface area (Å²) in [6.45, 7) is 15.5. The Labute approximate surface area is 795 Å². The minimum atomic E-state index is -8.33. The molecular weight excluding hydrogens is 1800 g/mol. The van der Waals surface area contributed by atoms with Crippen molar-refractivity contribution >= 4 is 121 Å². The second-order valence-electron chi connectivity index (χ2n) is 39.2. The van der Waals surface area contributed by atoms with E-state index in [1.165, 1.54) is 66.9 Å². The predicted molar refractivity (Wildman–Crippen MR) is 568 cm³/mol. The number of hydrogen-bond acceptors (Lipinski definition) is 4. The van der Waals surface area contributed by atoms with E-state index < -0.39 is 43.5 Å². The molecule has 10 aliphatic rings. The third-order valence-electron chi connectivity index (χ3n) is 33.9. The summed E-state index contributed by atoms with van der Waals surface area (Å²) in [4.78, 5) is 0. The van der Waals surface area contributed by atoms with Gasteiger partial charge in [0, 0.05) is 0 Å². The Hall–Kier alpha value is -13.5.